The molecule has 0 saturated heterocycles. The van der Waals surface area contributed by atoms with Crippen molar-refractivity contribution >= 4 is 22.1 Å². The summed E-state index contributed by atoms with van der Waals surface area (Å²) in [5, 5.41) is 12.9. The molecule has 4 aromatic heterocycles. The third-order valence-electron chi connectivity index (χ3n) is 10.2. The standard InChI is InChI=1S/C46H50N5O.Pt/c1-43(2,3)31-26-36(45(7,8)9)41(52)40(27-31)49-29-51(39-21-15-14-20-38(39)49)46(10,11)50-28-34(33-18-16-23-48-42(33)50)37-25-30(22-24-47-37)32-17-12-13-19-35(32)44(4,5)6;/h12-27,52H,1-11H3;/q-1;+2. The monoisotopic (exact) mass is 883 g/mol. The first-order chi connectivity index (χ1) is 24.4. The smallest absolute Gasteiger partial charge is 0.513 e. The molecule has 0 spiro atoms. The number of rotatable bonds is 5. The molecule has 1 N–H and O–H groups in total. The zero-order valence-corrected chi connectivity index (χ0v) is 35.0. The van der Waals surface area contributed by atoms with Crippen LogP contribution in [0.5, 0.6) is 5.75 Å². The van der Waals surface area contributed by atoms with Crippen LogP contribution in [0, 0.1) is 12.5 Å². The molecular weight excluding hydrogens is 834 g/mol. The van der Waals surface area contributed by atoms with Gasteiger partial charge in [-0.25, -0.2) is 0 Å². The number of hydrogen-bond acceptors (Lipinski definition) is 3. The Bertz CT molecular complexity index is 2470. The summed E-state index contributed by atoms with van der Waals surface area (Å²) in [6.45, 7) is 24.1. The fourth-order valence-electron chi connectivity index (χ4n) is 7.26. The normalized spacial score (nSPS) is 12.7. The van der Waals surface area contributed by atoms with E-state index in [2.05, 4.69) is 165 Å². The number of aromatic hydroxyl groups is 1. The topological polar surface area (TPSA) is 59.8 Å². The number of nitrogens with zero attached hydrogens (tertiary/aromatic N) is 5. The van der Waals surface area contributed by atoms with Gasteiger partial charge in [0, 0.05) is 18.0 Å². The van der Waals surface area contributed by atoms with Crippen molar-refractivity contribution < 1.29 is 30.7 Å². The van der Waals surface area contributed by atoms with Gasteiger partial charge < -0.3 is 19.2 Å². The van der Waals surface area contributed by atoms with E-state index in [-0.39, 0.29) is 43.1 Å². The van der Waals surface area contributed by atoms with E-state index >= 15 is 0 Å². The minimum absolute atomic E-state index is 0. The van der Waals surface area contributed by atoms with Gasteiger partial charge in [0.2, 0.25) is 6.33 Å². The second-order valence-corrected chi connectivity index (χ2v) is 17.6. The summed E-state index contributed by atoms with van der Waals surface area (Å²) in [4.78, 5) is 9.80. The van der Waals surface area contributed by atoms with E-state index in [9.17, 15) is 5.11 Å². The first kappa shape index (κ1) is 38.2. The maximum atomic E-state index is 11.9. The molecule has 0 aliphatic carbocycles. The van der Waals surface area contributed by atoms with Gasteiger partial charge in [0.05, 0.1) is 16.7 Å². The number of aromatic nitrogens is 5. The van der Waals surface area contributed by atoms with Gasteiger partial charge in [-0.1, -0.05) is 147 Å². The molecule has 0 amide bonds. The second kappa shape index (κ2) is 13.4. The third kappa shape index (κ3) is 6.76. The molecule has 0 aliphatic heterocycles. The molecule has 0 unspecified atom stereocenters. The number of benzene rings is 3. The van der Waals surface area contributed by atoms with Crippen molar-refractivity contribution in [3.63, 3.8) is 0 Å². The Morgan fingerprint density at radius 2 is 1.36 bits per heavy atom. The number of phenolic OH excluding ortho intramolecular Hbond substituents is 1. The Labute approximate surface area is 328 Å². The maximum Gasteiger partial charge on any atom is 2.00 e. The van der Waals surface area contributed by atoms with Crippen LogP contribution in [0.2, 0.25) is 0 Å². The van der Waals surface area contributed by atoms with Gasteiger partial charge in [0.25, 0.3) is 0 Å². The van der Waals surface area contributed by atoms with Gasteiger partial charge in [-0.3, -0.25) is 9.55 Å². The minimum Gasteiger partial charge on any atom is -0.513 e. The van der Waals surface area contributed by atoms with Crippen LogP contribution in [0.4, 0.5) is 0 Å². The predicted molar refractivity (Wildman–Crippen MR) is 212 cm³/mol. The summed E-state index contributed by atoms with van der Waals surface area (Å²) in [5.41, 5.74) is 9.69. The molecular formula is C46H50N5OPt+. The molecule has 6 nitrogen and oxygen atoms in total. The summed E-state index contributed by atoms with van der Waals surface area (Å²) >= 11 is 0. The number of hydrogen-bond donors (Lipinski definition) is 1. The van der Waals surface area contributed by atoms with E-state index in [4.69, 9.17) is 9.97 Å². The largest absolute Gasteiger partial charge is 2.00 e. The molecule has 53 heavy (non-hydrogen) atoms. The van der Waals surface area contributed by atoms with Crippen LogP contribution in [0.15, 0.2) is 97.3 Å². The fourth-order valence-corrected chi connectivity index (χ4v) is 7.26. The van der Waals surface area contributed by atoms with E-state index < -0.39 is 5.66 Å². The Morgan fingerprint density at radius 3 is 2.06 bits per heavy atom. The van der Waals surface area contributed by atoms with Crippen molar-refractivity contribution in [1.82, 2.24) is 19.1 Å². The molecule has 274 valence electrons. The van der Waals surface area contributed by atoms with Crippen LogP contribution < -0.4 is 4.57 Å². The molecule has 0 aliphatic rings. The van der Waals surface area contributed by atoms with Crippen LogP contribution >= 0.6 is 0 Å². The van der Waals surface area contributed by atoms with E-state index in [1.807, 2.05) is 35.2 Å². The van der Waals surface area contributed by atoms with Crippen LogP contribution in [0.25, 0.3) is 50.1 Å². The molecule has 4 heterocycles. The van der Waals surface area contributed by atoms with Gasteiger partial charge in [0.1, 0.15) is 5.75 Å². The van der Waals surface area contributed by atoms with E-state index in [1.54, 1.807) is 0 Å². The molecule has 7 aromatic rings. The first-order valence-electron chi connectivity index (χ1n) is 18.2. The molecule has 0 atom stereocenters. The summed E-state index contributed by atoms with van der Waals surface area (Å²) < 4.78 is 6.25. The number of fused-ring (bicyclic) bond motifs is 2. The summed E-state index contributed by atoms with van der Waals surface area (Å²) in [7, 11) is 0. The zero-order chi connectivity index (χ0) is 37.4. The molecule has 0 fully saturated rings. The van der Waals surface area contributed by atoms with Gasteiger partial charge in [0.15, 0.2) is 5.66 Å². The minimum atomic E-state index is -0.726. The number of pyridine rings is 2. The summed E-state index contributed by atoms with van der Waals surface area (Å²) in [6.07, 6.45) is 11.2. The maximum absolute atomic E-state index is 11.9. The Balaban J connectivity index is 0.00000481. The van der Waals surface area contributed by atoms with Gasteiger partial charge >= 0.3 is 21.1 Å². The summed E-state index contributed by atoms with van der Waals surface area (Å²) in [5.74, 6) is 0.267. The van der Waals surface area contributed by atoms with Crippen molar-refractivity contribution in [2.24, 2.45) is 0 Å². The zero-order valence-electron chi connectivity index (χ0n) is 32.7. The van der Waals surface area contributed by atoms with Crippen LogP contribution in [-0.2, 0) is 43.0 Å². The molecule has 7 heteroatoms. The number of imidazole rings is 1. The van der Waals surface area contributed by atoms with Gasteiger partial charge in [-0.05, 0) is 69.7 Å². The van der Waals surface area contributed by atoms with E-state index in [1.165, 1.54) is 11.1 Å². The van der Waals surface area contributed by atoms with Crippen molar-refractivity contribution in [2.45, 2.75) is 98.1 Å². The second-order valence-electron chi connectivity index (χ2n) is 17.6. The van der Waals surface area contributed by atoms with Gasteiger partial charge in [-0.2, -0.15) is 0 Å². The van der Waals surface area contributed by atoms with Crippen molar-refractivity contribution in [1.29, 1.82) is 0 Å². The number of para-hydroxylation sites is 2. The van der Waals surface area contributed by atoms with Gasteiger partial charge in [-0.15, -0.1) is 11.6 Å². The predicted octanol–water partition coefficient (Wildman–Crippen LogP) is 10.4. The van der Waals surface area contributed by atoms with Crippen LogP contribution in [0.1, 0.15) is 92.9 Å². The molecule has 0 saturated carbocycles. The first-order valence-corrected chi connectivity index (χ1v) is 18.2. The third-order valence-corrected chi connectivity index (χ3v) is 10.2. The SMILES string of the molecule is CC(C)(C)c1cc(-n2[c-][n+](C(C)(C)n3[c-]c(-c4cc(-c5ccccc5C(C)(C)C)ccn4)c4cccnc43)c3ccccc32)c(O)c(C(C)(C)C)c1.[Pt+2]. The Hall–Kier alpha value is -4.54. The van der Waals surface area contributed by atoms with Crippen molar-refractivity contribution in [3.05, 3.63) is 127 Å². The van der Waals surface area contributed by atoms with E-state index in [0.29, 0.717) is 5.69 Å². The van der Waals surface area contributed by atoms with Crippen molar-refractivity contribution in [2.75, 3.05) is 0 Å². The Kier molecular flexibility index (Phi) is 9.65. The van der Waals surface area contributed by atoms with E-state index in [0.717, 1.165) is 50.0 Å². The van der Waals surface area contributed by atoms with Crippen LogP contribution in [0.3, 0.4) is 0 Å². The fraction of sp³-hybridized carbons (Fsp3) is 0.326. The molecule has 3 aromatic carbocycles. The van der Waals surface area contributed by atoms with Crippen molar-refractivity contribution in [3.8, 4) is 33.8 Å². The average Bonchev–Trinajstić information content (AvgIpc) is 3.68. The Morgan fingerprint density at radius 1 is 0.679 bits per heavy atom. The molecule has 0 radical (unpaired) electrons. The molecule has 7 rings (SSSR count). The number of phenols is 1. The quantitative estimate of drug-likeness (QED) is 0.138. The summed E-state index contributed by atoms with van der Waals surface area (Å²) in [6, 6.07) is 29.5. The average molecular weight is 884 g/mol. The van der Waals surface area contributed by atoms with Crippen LogP contribution in [-0.4, -0.2) is 24.2 Å². The molecule has 0 bridgehead atoms.